The zero-order valence-corrected chi connectivity index (χ0v) is 12.1. The van der Waals surface area contributed by atoms with E-state index in [2.05, 4.69) is 0 Å². The van der Waals surface area contributed by atoms with E-state index in [0.29, 0.717) is 24.8 Å². The standard InChI is InChI=1S/C13H17ClFNO2S/c14-13-10(2-1-3-12(13)15)7-11(16)6-9-4-5-19(17,18)8-9/h1-3,9,11H,4-8,16H2. The van der Waals surface area contributed by atoms with Crippen LogP contribution in [-0.4, -0.2) is 26.0 Å². The summed E-state index contributed by atoms with van der Waals surface area (Å²) in [6.07, 6.45) is 1.77. The van der Waals surface area contributed by atoms with Crippen molar-refractivity contribution in [3.8, 4) is 0 Å². The molecule has 1 saturated heterocycles. The maximum atomic E-state index is 13.3. The summed E-state index contributed by atoms with van der Waals surface area (Å²) >= 11 is 5.87. The third-order valence-electron chi connectivity index (χ3n) is 3.48. The van der Waals surface area contributed by atoms with Crippen LogP contribution in [0.1, 0.15) is 18.4 Å². The van der Waals surface area contributed by atoms with Gasteiger partial charge in [0.15, 0.2) is 9.84 Å². The summed E-state index contributed by atoms with van der Waals surface area (Å²) < 4.78 is 36.0. The molecule has 106 valence electrons. The van der Waals surface area contributed by atoms with Crippen LogP contribution in [0.15, 0.2) is 18.2 Å². The van der Waals surface area contributed by atoms with Crippen molar-refractivity contribution in [2.45, 2.75) is 25.3 Å². The van der Waals surface area contributed by atoms with Crippen LogP contribution in [0.4, 0.5) is 4.39 Å². The van der Waals surface area contributed by atoms with Gasteiger partial charge in [0.25, 0.3) is 0 Å². The van der Waals surface area contributed by atoms with Crippen molar-refractivity contribution < 1.29 is 12.8 Å². The molecule has 6 heteroatoms. The first-order valence-electron chi connectivity index (χ1n) is 6.26. The second-order valence-corrected chi connectivity index (χ2v) is 7.79. The topological polar surface area (TPSA) is 60.2 Å². The van der Waals surface area contributed by atoms with E-state index in [1.165, 1.54) is 6.07 Å². The van der Waals surface area contributed by atoms with Gasteiger partial charge in [-0.1, -0.05) is 23.7 Å². The van der Waals surface area contributed by atoms with Crippen molar-refractivity contribution in [1.82, 2.24) is 0 Å². The Bertz CT molecular complexity index is 562. The molecular formula is C13H17ClFNO2S. The molecule has 1 aromatic carbocycles. The van der Waals surface area contributed by atoms with Gasteiger partial charge < -0.3 is 5.73 Å². The number of nitrogens with two attached hydrogens (primary N) is 1. The minimum absolute atomic E-state index is 0.108. The zero-order valence-electron chi connectivity index (χ0n) is 10.5. The SMILES string of the molecule is NC(Cc1cccc(F)c1Cl)CC1CCS(=O)(=O)C1. The summed E-state index contributed by atoms with van der Waals surface area (Å²) in [7, 11) is -2.87. The number of sulfone groups is 1. The van der Waals surface area contributed by atoms with Crippen molar-refractivity contribution in [2.75, 3.05) is 11.5 Å². The van der Waals surface area contributed by atoms with Crippen molar-refractivity contribution in [3.05, 3.63) is 34.6 Å². The molecule has 0 amide bonds. The van der Waals surface area contributed by atoms with Crippen molar-refractivity contribution in [2.24, 2.45) is 11.7 Å². The van der Waals surface area contributed by atoms with Gasteiger partial charge in [0.05, 0.1) is 16.5 Å². The van der Waals surface area contributed by atoms with Crippen LogP contribution in [0.5, 0.6) is 0 Å². The minimum Gasteiger partial charge on any atom is -0.327 e. The Labute approximate surface area is 117 Å². The molecule has 2 unspecified atom stereocenters. The molecule has 0 saturated carbocycles. The van der Waals surface area contributed by atoms with E-state index in [9.17, 15) is 12.8 Å². The zero-order chi connectivity index (χ0) is 14.0. The maximum absolute atomic E-state index is 13.3. The highest BCUT2D eigenvalue weighted by Gasteiger charge is 2.29. The minimum atomic E-state index is -2.87. The number of hydrogen-bond donors (Lipinski definition) is 1. The highest BCUT2D eigenvalue weighted by Crippen LogP contribution is 2.25. The van der Waals surface area contributed by atoms with Gasteiger partial charge in [0, 0.05) is 6.04 Å². The third kappa shape index (κ3) is 3.91. The average molecular weight is 306 g/mol. The Hall–Kier alpha value is -0.650. The van der Waals surface area contributed by atoms with Crippen molar-refractivity contribution in [3.63, 3.8) is 0 Å². The fourth-order valence-corrected chi connectivity index (χ4v) is 4.64. The second-order valence-electron chi connectivity index (χ2n) is 5.18. The van der Waals surface area contributed by atoms with E-state index in [1.807, 2.05) is 0 Å². The highest BCUT2D eigenvalue weighted by atomic mass is 35.5. The van der Waals surface area contributed by atoms with Crippen LogP contribution in [0.2, 0.25) is 5.02 Å². The molecule has 1 fully saturated rings. The van der Waals surface area contributed by atoms with Crippen LogP contribution >= 0.6 is 11.6 Å². The maximum Gasteiger partial charge on any atom is 0.150 e. The Balaban J connectivity index is 1.95. The van der Waals surface area contributed by atoms with Gasteiger partial charge in [-0.05, 0) is 36.8 Å². The Morgan fingerprint density at radius 1 is 1.47 bits per heavy atom. The van der Waals surface area contributed by atoms with E-state index in [0.717, 1.165) is 0 Å². The number of benzene rings is 1. The quantitative estimate of drug-likeness (QED) is 0.927. The molecule has 0 bridgehead atoms. The third-order valence-corrected chi connectivity index (χ3v) is 5.74. The summed E-state index contributed by atoms with van der Waals surface area (Å²) in [4.78, 5) is 0. The molecule has 3 nitrogen and oxygen atoms in total. The molecule has 0 spiro atoms. The van der Waals surface area contributed by atoms with Gasteiger partial charge in [-0.15, -0.1) is 0 Å². The van der Waals surface area contributed by atoms with Crippen LogP contribution in [0, 0.1) is 11.7 Å². The first-order valence-corrected chi connectivity index (χ1v) is 8.46. The summed E-state index contributed by atoms with van der Waals surface area (Å²) in [5, 5.41) is 0.108. The lowest BCUT2D eigenvalue weighted by atomic mass is 9.95. The largest absolute Gasteiger partial charge is 0.327 e. The highest BCUT2D eigenvalue weighted by molar-refractivity contribution is 7.91. The summed E-state index contributed by atoms with van der Waals surface area (Å²) in [6.45, 7) is 0. The van der Waals surface area contributed by atoms with Crippen LogP contribution in [-0.2, 0) is 16.3 Å². The predicted molar refractivity (Wildman–Crippen MR) is 74.5 cm³/mol. The summed E-state index contributed by atoms with van der Waals surface area (Å²) in [5.41, 5.74) is 6.69. The monoisotopic (exact) mass is 305 g/mol. The van der Waals surface area contributed by atoms with Gasteiger partial charge in [-0.25, -0.2) is 12.8 Å². The van der Waals surface area contributed by atoms with Crippen LogP contribution < -0.4 is 5.73 Å². The Morgan fingerprint density at radius 3 is 2.84 bits per heavy atom. The Morgan fingerprint density at radius 2 is 2.21 bits per heavy atom. The average Bonchev–Trinajstić information content (AvgIpc) is 2.64. The molecule has 1 aromatic rings. The number of halogens is 2. The molecule has 0 aliphatic carbocycles. The smallest absolute Gasteiger partial charge is 0.150 e. The van der Waals surface area contributed by atoms with Crippen molar-refractivity contribution in [1.29, 1.82) is 0 Å². The first kappa shape index (κ1) is 14.8. The van der Waals surface area contributed by atoms with Crippen molar-refractivity contribution >= 4 is 21.4 Å². The van der Waals surface area contributed by atoms with Gasteiger partial charge in [-0.3, -0.25) is 0 Å². The van der Waals surface area contributed by atoms with E-state index in [4.69, 9.17) is 17.3 Å². The summed E-state index contributed by atoms with van der Waals surface area (Å²) in [6, 6.07) is 4.46. The normalized spacial score (nSPS) is 23.4. The molecule has 1 aliphatic heterocycles. The molecule has 2 rings (SSSR count). The molecule has 1 heterocycles. The van der Waals surface area contributed by atoms with Crippen LogP contribution in [0.25, 0.3) is 0 Å². The molecule has 19 heavy (non-hydrogen) atoms. The molecule has 0 aromatic heterocycles. The lowest BCUT2D eigenvalue weighted by Gasteiger charge is -2.16. The van der Waals surface area contributed by atoms with Gasteiger partial charge in [0.1, 0.15) is 5.82 Å². The second kappa shape index (κ2) is 5.77. The fourth-order valence-electron chi connectivity index (χ4n) is 2.56. The number of hydrogen-bond acceptors (Lipinski definition) is 3. The van der Waals surface area contributed by atoms with Crippen LogP contribution in [0.3, 0.4) is 0 Å². The molecule has 0 radical (unpaired) electrons. The molecular weight excluding hydrogens is 289 g/mol. The fraction of sp³-hybridized carbons (Fsp3) is 0.538. The molecule has 1 aliphatic rings. The van der Waals surface area contributed by atoms with Gasteiger partial charge in [-0.2, -0.15) is 0 Å². The predicted octanol–water partition coefficient (Wildman–Crippen LogP) is 2.17. The van der Waals surface area contributed by atoms with E-state index in [1.54, 1.807) is 12.1 Å². The van der Waals surface area contributed by atoms with Gasteiger partial charge >= 0.3 is 0 Å². The molecule has 2 atom stereocenters. The van der Waals surface area contributed by atoms with E-state index < -0.39 is 15.7 Å². The van der Waals surface area contributed by atoms with E-state index in [-0.39, 0.29) is 28.5 Å². The molecule has 2 N–H and O–H groups in total. The van der Waals surface area contributed by atoms with E-state index >= 15 is 0 Å². The summed E-state index contributed by atoms with van der Waals surface area (Å²) in [5.74, 6) is 0.144. The Kier molecular flexibility index (Phi) is 4.48. The lowest BCUT2D eigenvalue weighted by molar-refractivity contribution is 0.468. The van der Waals surface area contributed by atoms with Gasteiger partial charge in [0.2, 0.25) is 0 Å². The first-order chi connectivity index (χ1) is 8.87. The number of rotatable bonds is 4. The lowest BCUT2D eigenvalue weighted by Crippen LogP contribution is -2.26.